The first-order valence-electron chi connectivity index (χ1n) is 18.6. The molecule has 12 heteroatoms. The lowest BCUT2D eigenvalue weighted by Crippen LogP contribution is -2.34. The lowest BCUT2D eigenvalue weighted by atomic mass is 10.0. The van der Waals surface area contributed by atoms with E-state index >= 15 is 0 Å². The molecule has 0 aliphatic carbocycles. The van der Waals surface area contributed by atoms with Gasteiger partial charge in [-0.05, 0) is 12.8 Å². The molecule has 11 nitrogen and oxygen atoms in total. The van der Waals surface area contributed by atoms with E-state index in [4.69, 9.17) is 24.8 Å². The molecule has 0 saturated carbocycles. The summed E-state index contributed by atoms with van der Waals surface area (Å²) >= 11 is 0. The van der Waals surface area contributed by atoms with E-state index in [1.165, 1.54) is 96.3 Å². The minimum Gasteiger partial charge on any atom is -0.480 e. The number of esters is 2. The zero-order chi connectivity index (χ0) is 35.0. The normalized spacial score (nSPS) is 14.0. The second-order valence-corrected chi connectivity index (χ2v) is 14.2. The van der Waals surface area contributed by atoms with E-state index in [1.54, 1.807) is 0 Å². The molecule has 4 N–H and O–H groups in total. The third-order valence-electron chi connectivity index (χ3n) is 8.11. The van der Waals surface area contributed by atoms with Crippen molar-refractivity contribution in [3.05, 3.63) is 0 Å². The number of hydrogen-bond acceptors (Lipinski definition) is 9. The molecular formula is C35H68NO10P. The molecule has 0 radical (unpaired) electrons. The van der Waals surface area contributed by atoms with Crippen molar-refractivity contribution in [1.82, 2.24) is 0 Å². The van der Waals surface area contributed by atoms with Crippen LogP contribution in [0.3, 0.4) is 0 Å². The molecule has 0 bridgehead atoms. The van der Waals surface area contributed by atoms with Gasteiger partial charge < -0.3 is 25.2 Å². The molecule has 3 atom stereocenters. The van der Waals surface area contributed by atoms with Crippen molar-refractivity contribution in [2.45, 2.75) is 187 Å². The van der Waals surface area contributed by atoms with Crippen LogP contribution in [0.5, 0.6) is 0 Å². The summed E-state index contributed by atoms with van der Waals surface area (Å²) in [5.41, 5.74) is 5.30. The van der Waals surface area contributed by atoms with Crippen LogP contribution in [-0.2, 0) is 37.5 Å². The van der Waals surface area contributed by atoms with E-state index in [2.05, 4.69) is 18.4 Å². The maximum Gasteiger partial charge on any atom is 0.472 e. The Hall–Kier alpha value is -1.52. The number of carboxylic acids is 1. The summed E-state index contributed by atoms with van der Waals surface area (Å²) in [7, 11) is -4.70. The van der Waals surface area contributed by atoms with E-state index in [0.717, 1.165) is 38.5 Å². The molecule has 0 heterocycles. The highest BCUT2D eigenvalue weighted by molar-refractivity contribution is 7.47. The Kier molecular flexibility index (Phi) is 30.7. The van der Waals surface area contributed by atoms with E-state index in [0.29, 0.717) is 12.8 Å². The fourth-order valence-corrected chi connectivity index (χ4v) is 5.90. The van der Waals surface area contributed by atoms with Crippen LogP contribution in [0.4, 0.5) is 0 Å². The quantitative estimate of drug-likeness (QED) is 0.0329. The fraction of sp³-hybridized carbons (Fsp3) is 0.914. The molecule has 3 unspecified atom stereocenters. The van der Waals surface area contributed by atoms with Gasteiger partial charge in [-0.25, -0.2) is 4.57 Å². The van der Waals surface area contributed by atoms with Crippen molar-refractivity contribution in [3.63, 3.8) is 0 Å². The molecule has 0 aromatic heterocycles. The van der Waals surface area contributed by atoms with Crippen LogP contribution in [0, 0.1) is 0 Å². The molecule has 0 spiro atoms. The SMILES string of the molecule is CCCCCCCCCCCCCCCCC(=O)OC(COC(=O)CCCCCCCCCCC)COP(=O)(O)OCC(N)C(=O)O. The number of unbranched alkanes of at least 4 members (excludes halogenated alkanes) is 21. The van der Waals surface area contributed by atoms with Gasteiger partial charge in [-0.15, -0.1) is 0 Å². The Morgan fingerprint density at radius 2 is 0.936 bits per heavy atom. The van der Waals surface area contributed by atoms with Crippen LogP contribution in [-0.4, -0.2) is 59.9 Å². The Morgan fingerprint density at radius 1 is 0.574 bits per heavy atom. The molecule has 0 aliphatic rings. The van der Waals surface area contributed by atoms with E-state index in [1.807, 2.05) is 0 Å². The number of carbonyl (C=O) groups excluding carboxylic acids is 2. The first kappa shape index (κ1) is 45.5. The van der Waals surface area contributed by atoms with Crippen molar-refractivity contribution in [2.75, 3.05) is 19.8 Å². The zero-order valence-electron chi connectivity index (χ0n) is 29.6. The number of carboxylic acid groups (broad SMARTS) is 1. The first-order chi connectivity index (χ1) is 22.6. The van der Waals surface area contributed by atoms with Gasteiger partial charge in [-0.2, -0.15) is 0 Å². The number of nitrogens with two attached hydrogens (primary N) is 1. The van der Waals surface area contributed by atoms with Crippen LogP contribution < -0.4 is 5.73 Å². The van der Waals surface area contributed by atoms with Crippen molar-refractivity contribution in [2.24, 2.45) is 5.73 Å². The Labute approximate surface area is 285 Å². The van der Waals surface area contributed by atoms with Gasteiger partial charge in [0, 0.05) is 12.8 Å². The van der Waals surface area contributed by atoms with Crippen molar-refractivity contribution in [3.8, 4) is 0 Å². The summed E-state index contributed by atoms with van der Waals surface area (Å²) in [5, 5.41) is 8.84. The zero-order valence-corrected chi connectivity index (χ0v) is 30.5. The van der Waals surface area contributed by atoms with Gasteiger partial charge in [-0.1, -0.05) is 149 Å². The van der Waals surface area contributed by atoms with Gasteiger partial charge in [0.15, 0.2) is 6.10 Å². The minimum atomic E-state index is -4.70. The smallest absolute Gasteiger partial charge is 0.472 e. The molecular weight excluding hydrogens is 625 g/mol. The van der Waals surface area contributed by atoms with E-state index in [9.17, 15) is 23.8 Å². The minimum absolute atomic E-state index is 0.168. The maximum atomic E-state index is 12.5. The number of ether oxygens (including phenoxy) is 2. The standard InChI is InChI=1S/C35H68NO10P/c1-3-5-7-9-11-13-14-15-16-17-19-21-23-25-27-34(38)46-31(29-44-47(41,42)45-30-32(36)35(39)40)28-43-33(37)26-24-22-20-18-12-10-8-6-4-2/h31-32H,3-30,36H2,1-2H3,(H,39,40)(H,41,42). The number of phosphoric ester groups is 1. The second kappa shape index (κ2) is 31.7. The average Bonchev–Trinajstić information content (AvgIpc) is 3.04. The van der Waals surface area contributed by atoms with E-state index in [-0.39, 0.29) is 19.4 Å². The molecule has 0 saturated heterocycles. The summed E-state index contributed by atoms with van der Waals surface area (Å²) in [6, 6.07) is -1.51. The number of rotatable bonds is 35. The molecule has 0 rings (SSSR count). The largest absolute Gasteiger partial charge is 0.480 e. The molecule has 47 heavy (non-hydrogen) atoms. The van der Waals surface area contributed by atoms with Crippen LogP contribution >= 0.6 is 7.82 Å². The van der Waals surface area contributed by atoms with Crippen LogP contribution in [0.25, 0.3) is 0 Å². The number of carbonyl (C=O) groups is 3. The third kappa shape index (κ3) is 31.5. The summed E-state index contributed by atoms with van der Waals surface area (Å²) in [4.78, 5) is 45.6. The topological polar surface area (TPSA) is 172 Å². The van der Waals surface area contributed by atoms with Crippen LogP contribution in [0.1, 0.15) is 174 Å². The molecule has 0 amide bonds. The number of phosphoric acid groups is 1. The Morgan fingerprint density at radius 3 is 1.34 bits per heavy atom. The van der Waals surface area contributed by atoms with Gasteiger partial charge in [0.2, 0.25) is 0 Å². The lowest BCUT2D eigenvalue weighted by molar-refractivity contribution is -0.161. The predicted octanol–water partition coefficient (Wildman–Crippen LogP) is 8.78. The fourth-order valence-electron chi connectivity index (χ4n) is 5.12. The summed E-state index contributed by atoms with van der Waals surface area (Å²) in [6.45, 7) is 2.77. The molecule has 0 aromatic rings. The van der Waals surface area contributed by atoms with Gasteiger partial charge in [0.1, 0.15) is 12.6 Å². The molecule has 0 aromatic carbocycles. The summed E-state index contributed by atoms with van der Waals surface area (Å²) in [5.74, 6) is -2.37. The predicted molar refractivity (Wildman–Crippen MR) is 185 cm³/mol. The third-order valence-corrected chi connectivity index (χ3v) is 9.06. The van der Waals surface area contributed by atoms with Crippen LogP contribution in [0.15, 0.2) is 0 Å². The maximum absolute atomic E-state index is 12.5. The van der Waals surface area contributed by atoms with Gasteiger partial charge in [-0.3, -0.25) is 23.4 Å². The monoisotopic (exact) mass is 693 g/mol. The number of aliphatic carboxylic acids is 1. The highest BCUT2D eigenvalue weighted by atomic mass is 31.2. The Balaban J connectivity index is 4.41. The van der Waals surface area contributed by atoms with E-state index < -0.39 is 51.1 Å². The first-order valence-corrected chi connectivity index (χ1v) is 20.1. The second-order valence-electron chi connectivity index (χ2n) is 12.7. The summed E-state index contributed by atoms with van der Waals surface area (Å²) in [6.07, 6.45) is 26.1. The van der Waals surface area contributed by atoms with Gasteiger partial charge in [0.05, 0.1) is 13.2 Å². The molecule has 0 aliphatic heterocycles. The lowest BCUT2D eigenvalue weighted by Gasteiger charge is -2.20. The summed E-state index contributed by atoms with van der Waals surface area (Å²) < 4.78 is 32.5. The molecule has 0 fully saturated rings. The molecule has 278 valence electrons. The van der Waals surface area contributed by atoms with Crippen molar-refractivity contribution in [1.29, 1.82) is 0 Å². The van der Waals surface area contributed by atoms with Crippen LogP contribution in [0.2, 0.25) is 0 Å². The van der Waals surface area contributed by atoms with Crippen molar-refractivity contribution < 1.29 is 47.5 Å². The van der Waals surface area contributed by atoms with Gasteiger partial charge in [0.25, 0.3) is 0 Å². The average molecular weight is 694 g/mol. The highest BCUT2D eigenvalue weighted by Gasteiger charge is 2.28. The Bertz CT molecular complexity index is 828. The van der Waals surface area contributed by atoms with Gasteiger partial charge >= 0.3 is 25.7 Å². The number of hydrogen-bond donors (Lipinski definition) is 3. The highest BCUT2D eigenvalue weighted by Crippen LogP contribution is 2.43. The van der Waals surface area contributed by atoms with Crippen molar-refractivity contribution >= 4 is 25.7 Å².